The molecule has 1 aromatic heterocycles. The van der Waals surface area contributed by atoms with E-state index in [1.54, 1.807) is 23.3 Å². The number of halogens is 1. The number of aromatic nitrogens is 1. The largest absolute Gasteiger partial charge is 0.466 e. The number of thiazole rings is 1. The summed E-state index contributed by atoms with van der Waals surface area (Å²) in [5.74, 6) is 0.724. The zero-order valence-electron chi connectivity index (χ0n) is 18.8. The fourth-order valence-electron chi connectivity index (χ4n) is 2.93. The van der Waals surface area contributed by atoms with Crippen LogP contribution in [-0.2, 0) is 9.47 Å². The highest BCUT2D eigenvalue weighted by Gasteiger charge is 2.22. The van der Waals surface area contributed by atoms with Gasteiger partial charge < -0.3 is 14.2 Å². The average Bonchev–Trinajstić information content (AvgIpc) is 3.13. The molecule has 8 heteroatoms. The first-order chi connectivity index (χ1) is 15.2. The van der Waals surface area contributed by atoms with E-state index in [2.05, 4.69) is 20.9 Å². The average molecular weight is 519 g/mol. The van der Waals surface area contributed by atoms with Crippen LogP contribution in [0.5, 0.6) is 5.75 Å². The maximum absolute atomic E-state index is 12.6. The van der Waals surface area contributed by atoms with E-state index < -0.39 is 5.60 Å². The van der Waals surface area contributed by atoms with Gasteiger partial charge in [0.2, 0.25) is 0 Å². The topological polar surface area (TPSA) is 60.9 Å². The zero-order valence-corrected chi connectivity index (χ0v) is 21.2. The van der Waals surface area contributed by atoms with Gasteiger partial charge in [-0.15, -0.1) is 11.3 Å². The smallest absolute Gasteiger partial charge is 0.414 e. The molecule has 0 N–H and O–H groups in total. The van der Waals surface area contributed by atoms with Gasteiger partial charge in [-0.25, -0.2) is 9.78 Å². The number of nitrogens with zero attached hydrogens (tertiary/aromatic N) is 2. The number of hydrogen-bond donors (Lipinski definition) is 0. The van der Waals surface area contributed by atoms with Gasteiger partial charge in [0.15, 0.2) is 6.79 Å². The number of benzene rings is 2. The second-order valence-corrected chi connectivity index (χ2v) is 9.92. The van der Waals surface area contributed by atoms with Gasteiger partial charge in [0.05, 0.1) is 14.7 Å². The third kappa shape index (κ3) is 6.31. The van der Waals surface area contributed by atoms with E-state index in [1.165, 1.54) is 0 Å². The third-order valence-electron chi connectivity index (χ3n) is 4.34. The van der Waals surface area contributed by atoms with Gasteiger partial charge in [-0.05, 0) is 85.6 Å². The van der Waals surface area contributed by atoms with Crippen LogP contribution in [0.15, 0.2) is 40.9 Å². The standard InChI is InChI=1S/C24H27BrN2O4S/c1-6-27(23(28)31-24(2,3)4)17-9-10-19-21(14-17)32-22(26-19)12-8-16-7-11-20(18(25)13-16)30-15-29-5/h7-14H,6,15H2,1-5H3/b12-8+. The first-order valence-corrected chi connectivity index (χ1v) is 11.8. The minimum Gasteiger partial charge on any atom is -0.466 e. The number of methoxy groups -OCH3 is 1. The Bertz CT molecular complexity index is 1120. The highest BCUT2D eigenvalue weighted by Crippen LogP contribution is 2.30. The predicted molar refractivity (Wildman–Crippen MR) is 134 cm³/mol. The van der Waals surface area contributed by atoms with Crippen molar-refractivity contribution in [2.45, 2.75) is 33.3 Å². The van der Waals surface area contributed by atoms with Gasteiger partial charge in [0.25, 0.3) is 0 Å². The highest BCUT2D eigenvalue weighted by atomic mass is 79.9. The number of fused-ring (bicyclic) bond motifs is 1. The maximum Gasteiger partial charge on any atom is 0.414 e. The predicted octanol–water partition coefficient (Wildman–Crippen LogP) is 6.97. The van der Waals surface area contributed by atoms with Crippen molar-refractivity contribution in [3.63, 3.8) is 0 Å². The molecule has 2 aromatic carbocycles. The fourth-order valence-corrected chi connectivity index (χ4v) is 4.35. The molecule has 0 bridgehead atoms. The van der Waals surface area contributed by atoms with Gasteiger partial charge in [-0.1, -0.05) is 12.1 Å². The monoisotopic (exact) mass is 518 g/mol. The molecule has 0 aliphatic carbocycles. The molecule has 0 saturated carbocycles. The van der Waals surface area contributed by atoms with Crippen LogP contribution in [0, 0.1) is 0 Å². The van der Waals surface area contributed by atoms with E-state index in [1.807, 2.05) is 76.2 Å². The van der Waals surface area contributed by atoms with Crippen molar-refractivity contribution in [2.24, 2.45) is 0 Å². The molecule has 0 spiro atoms. The summed E-state index contributed by atoms with van der Waals surface area (Å²) in [5, 5.41) is 0.883. The summed E-state index contributed by atoms with van der Waals surface area (Å²) in [4.78, 5) is 18.9. The number of anilines is 1. The summed E-state index contributed by atoms with van der Waals surface area (Å²) < 4.78 is 17.8. The van der Waals surface area contributed by atoms with E-state index in [-0.39, 0.29) is 12.9 Å². The molecule has 0 saturated heterocycles. The molecule has 1 amide bonds. The molecule has 6 nitrogen and oxygen atoms in total. The number of rotatable bonds is 7. The van der Waals surface area contributed by atoms with Crippen LogP contribution in [-0.4, -0.2) is 37.1 Å². The Morgan fingerprint density at radius 3 is 2.62 bits per heavy atom. The summed E-state index contributed by atoms with van der Waals surface area (Å²) in [6.07, 6.45) is 3.63. The number of ether oxygens (including phenoxy) is 3. The van der Waals surface area contributed by atoms with E-state index in [4.69, 9.17) is 14.2 Å². The molecule has 0 aliphatic rings. The van der Waals surface area contributed by atoms with Crippen LogP contribution in [0.2, 0.25) is 0 Å². The summed E-state index contributed by atoms with van der Waals surface area (Å²) in [5.41, 5.74) is 2.16. The van der Waals surface area contributed by atoms with Crippen molar-refractivity contribution in [1.82, 2.24) is 4.98 Å². The second-order valence-electron chi connectivity index (χ2n) is 8.00. The number of carbonyl (C=O) groups is 1. The molecule has 32 heavy (non-hydrogen) atoms. The Hall–Kier alpha value is -2.42. The van der Waals surface area contributed by atoms with Crippen molar-refractivity contribution in [2.75, 3.05) is 25.3 Å². The van der Waals surface area contributed by atoms with E-state index >= 15 is 0 Å². The van der Waals surface area contributed by atoms with Gasteiger partial charge in [-0.3, -0.25) is 4.90 Å². The van der Waals surface area contributed by atoms with Gasteiger partial charge in [-0.2, -0.15) is 0 Å². The minimum atomic E-state index is -0.542. The molecule has 1 heterocycles. The lowest BCUT2D eigenvalue weighted by molar-refractivity contribution is 0.0505. The normalized spacial score (nSPS) is 11.8. The lowest BCUT2D eigenvalue weighted by Gasteiger charge is -2.26. The first kappa shape index (κ1) is 24.2. The van der Waals surface area contributed by atoms with Crippen LogP contribution >= 0.6 is 27.3 Å². The summed E-state index contributed by atoms with van der Waals surface area (Å²) in [6, 6.07) is 11.7. The fraction of sp³-hybridized carbons (Fsp3) is 0.333. The first-order valence-electron chi connectivity index (χ1n) is 10.2. The molecular weight excluding hydrogens is 492 g/mol. The molecule has 170 valence electrons. The Balaban J connectivity index is 1.78. The molecule has 0 fully saturated rings. The van der Waals surface area contributed by atoms with Crippen LogP contribution in [0.3, 0.4) is 0 Å². The molecular formula is C24H27BrN2O4S. The third-order valence-corrected chi connectivity index (χ3v) is 5.94. The Morgan fingerprint density at radius 1 is 1.19 bits per heavy atom. The molecule has 0 unspecified atom stereocenters. The summed E-state index contributed by atoms with van der Waals surface area (Å²) >= 11 is 5.09. The van der Waals surface area contributed by atoms with Crippen molar-refractivity contribution < 1.29 is 19.0 Å². The molecule has 3 aromatic rings. The molecule has 3 rings (SSSR count). The van der Waals surface area contributed by atoms with Crippen molar-refractivity contribution in [1.29, 1.82) is 0 Å². The Labute approximate surface area is 200 Å². The van der Waals surface area contributed by atoms with Crippen LogP contribution in [0.1, 0.15) is 38.3 Å². The lowest BCUT2D eigenvalue weighted by atomic mass is 10.2. The number of hydrogen-bond acceptors (Lipinski definition) is 6. The zero-order chi connectivity index (χ0) is 23.3. The quantitative estimate of drug-likeness (QED) is 0.316. The van der Waals surface area contributed by atoms with Crippen molar-refractivity contribution in [3.05, 3.63) is 51.4 Å². The van der Waals surface area contributed by atoms with Gasteiger partial charge in [0.1, 0.15) is 16.4 Å². The van der Waals surface area contributed by atoms with E-state index in [0.29, 0.717) is 6.54 Å². The summed E-state index contributed by atoms with van der Waals surface area (Å²) in [6.45, 7) is 8.24. The van der Waals surface area contributed by atoms with Crippen LogP contribution < -0.4 is 9.64 Å². The lowest BCUT2D eigenvalue weighted by Crippen LogP contribution is -2.36. The number of amides is 1. The Kier molecular flexibility index (Phi) is 7.92. The van der Waals surface area contributed by atoms with E-state index in [9.17, 15) is 4.79 Å². The second kappa shape index (κ2) is 10.5. The maximum atomic E-state index is 12.6. The summed E-state index contributed by atoms with van der Waals surface area (Å²) in [7, 11) is 1.59. The van der Waals surface area contributed by atoms with Crippen molar-refractivity contribution in [3.8, 4) is 5.75 Å². The van der Waals surface area contributed by atoms with Crippen molar-refractivity contribution >= 4 is 61.4 Å². The molecule has 0 aliphatic heterocycles. The SMILES string of the molecule is CCN(C(=O)OC(C)(C)C)c1ccc2nc(/C=C/c3ccc(OCOC)c(Br)c3)sc2c1. The minimum absolute atomic E-state index is 0.199. The van der Waals surface area contributed by atoms with Crippen LogP contribution in [0.4, 0.5) is 10.5 Å². The molecule has 0 atom stereocenters. The van der Waals surface area contributed by atoms with Gasteiger partial charge >= 0.3 is 6.09 Å². The highest BCUT2D eigenvalue weighted by molar-refractivity contribution is 9.10. The van der Waals surface area contributed by atoms with Crippen LogP contribution in [0.25, 0.3) is 22.4 Å². The van der Waals surface area contributed by atoms with Gasteiger partial charge in [0, 0.05) is 19.3 Å². The van der Waals surface area contributed by atoms with E-state index in [0.717, 1.165) is 36.7 Å². The number of carbonyl (C=O) groups excluding carboxylic acids is 1. The Morgan fingerprint density at radius 2 is 1.97 bits per heavy atom. The molecule has 0 radical (unpaired) electrons.